The number of hydrogen-bond acceptors (Lipinski definition) is 4. The molecule has 1 aliphatic heterocycles. The Morgan fingerprint density at radius 3 is 3.00 bits per heavy atom. The number of thioether (sulfide) groups is 1. The minimum Gasteiger partial charge on any atom is -0.375 e. The lowest BCUT2D eigenvalue weighted by Crippen LogP contribution is -2.50. The molecule has 0 bridgehead atoms. The molecule has 0 amide bonds. The SMILES string of the molecule is CCC(=O)CC1C=CC(SC)=CC1(C)C1CNCCO1. The first-order valence-corrected chi connectivity index (χ1v) is 8.61. The average Bonchev–Trinajstić information content (AvgIpc) is 2.50. The lowest BCUT2D eigenvalue weighted by atomic mass is 9.68. The Morgan fingerprint density at radius 1 is 1.60 bits per heavy atom. The summed E-state index contributed by atoms with van der Waals surface area (Å²) in [7, 11) is 0. The molecule has 1 saturated heterocycles. The lowest BCUT2D eigenvalue weighted by Gasteiger charge is -2.44. The van der Waals surface area contributed by atoms with Gasteiger partial charge in [-0.3, -0.25) is 4.79 Å². The summed E-state index contributed by atoms with van der Waals surface area (Å²) in [6.07, 6.45) is 10.1. The topological polar surface area (TPSA) is 38.3 Å². The molecule has 0 spiro atoms. The molecule has 112 valence electrons. The van der Waals surface area contributed by atoms with E-state index in [0.29, 0.717) is 18.6 Å². The van der Waals surface area contributed by atoms with Crippen LogP contribution in [0.2, 0.25) is 0 Å². The number of morpholine rings is 1. The van der Waals surface area contributed by atoms with Crippen LogP contribution in [0.15, 0.2) is 23.1 Å². The van der Waals surface area contributed by atoms with Crippen molar-refractivity contribution in [3.05, 3.63) is 23.1 Å². The van der Waals surface area contributed by atoms with Crippen molar-refractivity contribution in [1.82, 2.24) is 5.32 Å². The first-order chi connectivity index (χ1) is 9.60. The van der Waals surface area contributed by atoms with E-state index in [2.05, 4.69) is 36.7 Å². The number of carbonyl (C=O) groups excluding carboxylic acids is 1. The molecular weight excluding hydrogens is 270 g/mol. The first kappa shape index (κ1) is 15.8. The van der Waals surface area contributed by atoms with Crippen molar-refractivity contribution >= 4 is 17.5 Å². The maximum atomic E-state index is 11.9. The van der Waals surface area contributed by atoms with Gasteiger partial charge in [0.25, 0.3) is 0 Å². The third kappa shape index (κ3) is 3.35. The first-order valence-electron chi connectivity index (χ1n) is 7.39. The van der Waals surface area contributed by atoms with Crippen molar-refractivity contribution in [2.45, 2.75) is 32.8 Å². The summed E-state index contributed by atoms with van der Waals surface area (Å²) in [4.78, 5) is 13.2. The van der Waals surface area contributed by atoms with Gasteiger partial charge >= 0.3 is 0 Å². The monoisotopic (exact) mass is 295 g/mol. The van der Waals surface area contributed by atoms with Crippen LogP contribution in [0.4, 0.5) is 0 Å². The molecular formula is C16H25NO2S. The summed E-state index contributed by atoms with van der Waals surface area (Å²) in [5, 5.41) is 3.41. The fourth-order valence-corrected chi connectivity index (χ4v) is 3.57. The van der Waals surface area contributed by atoms with Crippen LogP contribution < -0.4 is 5.32 Å². The molecule has 3 unspecified atom stereocenters. The maximum absolute atomic E-state index is 11.9. The van der Waals surface area contributed by atoms with Crippen molar-refractivity contribution in [3.63, 3.8) is 0 Å². The highest BCUT2D eigenvalue weighted by Gasteiger charge is 2.42. The van der Waals surface area contributed by atoms with E-state index in [0.717, 1.165) is 19.7 Å². The van der Waals surface area contributed by atoms with Crippen molar-refractivity contribution in [2.24, 2.45) is 11.3 Å². The molecule has 0 aromatic carbocycles. The van der Waals surface area contributed by atoms with Crippen molar-refractivity contribution < 1.29 is 9.53 Å². The Morgan fingerprint density at radius 2 is 2.40 bits per heavy atom. The Bertz CT molecular complexity index is 413. The van der Waals surface area contributed by atoms with Gasteiger partial charge in [0.05, 0.1) is 12.7 Å². The van der Waals surface area contributed by atoms with Gasteiger partial charge in [-0.2, -0.15) is 0 Å². The van der Waals surface area contributed by atoms with Crippen LogP contribution in [0.25, 0.3) is 0 Å². The summed E-state index contributed by atoms with van der Waals surface area (Å²) in [5.41, 5.74) is -0.106. The molecule has 1 heterocycles. The minimum absolute atomic E-state index is 0.106. The van der Waals surface area contributed by atoms with Gasteiger partial charge in [-0.05, 0) is 12.2 Å². The van der Waals surface area contributed by atoms with Gasteiger partial charge in [0, 0.05) is 36.3 Å². The predicted octanol–water partition coefficient (Wildman–Crippen LogP) is 2.78. The van der Waals surface area contributed by atoms with Crippen LogP contribution in [-0.4, -0.2) is 37.8 Å². The van der Waals surface area contributed by atoms with Gasteiger partial charge in [-0.15, -0.1) is 11.8 Å². The van der Waals surface area contributed by atoms with Crippen LogP contribution in [0, 0.1) is 11.3 Å². The molecule has 0 aromatic heterocycles. The number of nitrogens with one attached hydrogen (secondary N) is 1. The zero-order valence-corrected chi connectivity index (χ0v) is 13.5. The van der Waals surface area contributed by atoms with E-state index in [9.17, 15) is 4.79 Å². The molecule has 0 radical (unpaired) electrons. The second kappa shape index (κ2) is 6.92. The molecule has 0 aromatic rings. The molecule has 0 saturated carbocycles. The number of ether oxygens (including phenoxy) is 1. The van der Waals surface area contributed by atoms with Crippen molar-refractivity contribution in [1.29, 1.82) is 0 Å². The molecule has 1 aliphatic carbocycles. The second-order valence-corrected chi connectivity index (χ2v) is 6.62. The second-order valence-electron chi connectivity index (χ2n) is 5.74. The van der Waals surface area contributed by atoms with Crippen LogP contribution in [0.3, 0.4) is 0 Å². The van der Waals surface area contributed by atoms with Gasteiger partial charge in [0.2, 0.25) is 0 Å². The Labute approximate surface area is 126 Å². The number of ketones is 1. The van der Waals surface area contributed by atoms with Crippen LogP contribution in [-0.2, 0) is 9.53 Å². The molecule has 2 rings (SSSR count). The van der Waals surface area contributed by atoms with Gasteiger partial charge in [0.15, 0.2) is 0 Å². The maximum Gasteiger partial charge on any atom is 0.133 e. The summed E-state index contributed by atoms with van der Waals surface area (Å²) >= 11 is 1.75. The minimum atomic E-state index is -0.106. The zero-order chi connectivity index (χ0) is 14.6. The van der Waals surface area contributed by atoms with Crippen molar-refractivity contribution in [3.8, 4) is 0 Å². The highest BCUT2D eigenvalue weighted by Crippen LogP contribution is 2.43. The normalized spacial score (nSPS) is 33.9. The van der Waals surface area contributed by atoms with Gasteiger partial charge < -0.3 is 10.1 Å². The Balaban J connectivity index is 2.23. The lowest BCUT2D eigenvalue weighted by molar-refractivity contribution is -0.121. The number of rotatable bonds is 5. The van der Waals surface area contributed by atoms with Crippen molar-refractivity contribution in [2.75, 3.05) is 26.0 Å². The molecule has 1 fully saturated rings. The van der Waals surface area contributed by atoms with E-state index in [1.165, 1.54) is 4.91 Å². The van der Waals surface area contributed by atoms with Crippen LogP contribution >= 0.6 is 11.8 Å². The van der Waals surface area contributed by atoms with Crippen LogP contribution in [0.5, 0.6) is 0 Å². The number of carbonyl (C=O) groups is 1. The molecule has 4 heteroatoms. The summed E-state index contributed by atoms with van der Waals surface area (Å²) in [6.45, 7) is 6.70. The average molecular weight is 295 g/mol. The highest BCUT2D eigenvalue weighted by atomic mass is 32.2. The molecule has 3 nitrogen and oxygen atoms in total. The Hall–Kier alpha value is -0.580. The largest absolute Gasteiger partial charge is 0.375 e. The highest BCUT2D eigenvalue weighted by molar-refractivity contribution is 8.02. The number of Topliss-reactive ketones (excluding diaryl/α,β-unsaturated/α-hetero) is 1. The van der Waals surface area contributed by atoms with E-state index < -0.39 is 0 Å². The summed E-state index contributed by atoms with van der Waals surface area (Å²) < 4.78 is 6.00. The van der Waals surface area contributed by atoms with Gasteiger partial charge in [0.1, 0.15) is 5.78 Å². The molecule has 2 aliphatic rings. The van der Waals surface area contributed by atoms with Crippen LogP contribution in [0.1, 0.15) is 26.7 Å². The number of hydrogen-bond donors (Lipinski definition) is 1. The van der Waals surface area contributed by atoms with E-state index in [-0.39, 0.29) is 17.4 Å². The fraction of sp³-hybridized carbons (Fsp3) is 0.688. The predicted molar refractivity (Wildman–Crippen MR) is 84.9 cm³/mol. The van der Waals surface area contributed by atoms with E-state index in [4.69, 9.17) is 4.74 Å². The summed E-state index contributed by atoms with van der Waals surface area (Å²) in [5.74, 6) is 0.561. The molecule has 20 heavy (non-hydrogen) atoms. The van der Waals surface area contributed by atoms with Gasteiger partial charge in [-0.1, -0.05) is 32.1 Å². The third-order valence-electron chi connectivity index (χ3n) is 4.44. The standard InChI is InChI=1S/C16H25NO2S/c1-4-13(18)9-12-5-6-14(20-3)10-16(12,2)15-11-17-7-8-19-15/h5-6,10,12,15,17H,4,7-9,11H2,1-3H3. The summed E-state index contributed by atoms with van der Waals surface area (Å²) in [6, 6.07) is 0. The smallest absolute Gasteiger partial charge is 0.133 e. The number of allylic oxidation sites excluding steroid dienone is 2. The van der Waals surface area contributed by atoms with E-state index in [1.54, 1.807) is 11.8 Å². The molecule has 3 atom stereocenters. The quantitative estimate of drug-likeness (QED) is 0.846. The van der Waals surface area contributed by atoms with E-state index in [1.807, 2.05) is 6.92 Å². The van der Waals surface area contributed by atoms with E-state index >= 15 is 0 Å². The molecule has 1 N–H and O–H groups in total. The third-order valence-corrected chi connectivity index (χ3v) is 5.17. The Kier molecular flexibility index (Phi) is 5.47. The fourth-order valence-electron chi connectivity index (χ4n) is 2.98. The van der Waals surface area contributed by atoms with Gasteiger partial charge in [-0.25, -0.2) is 0 Å². The zero-order valence-electron chi connectivity index (χ0n) is 12.6.